The van der Waals surface area contributed by atoms with Gasteiger partial charge in [0.1, 0.15) is 12.4 Å². The van der Waals surface area contributed by atoms with Crippen LogP contribution in [0, 0.1) is 11.6 Å². The summed E-state index contributed by atoms with van der Waals surface area (Å²) in [7, 11) is 0. The van der Waals surface area contributed by atoms with Crippen molar-refractivity contribution in [3.05, 3.63) is 29.3 Å². The molecule has 0 N–H and O–H groups in total. The monoisotopic (exact) mass is 314 g/mol. The standard InChI is InChI=1S/C15H16F2O3S/c16-12-5-10(8-18)6-13(17)14(12)20-11-1-3-19-15(7-11)2-4-21-9-15/h5-6,8,11H,1-4,7,9H2. The Morgan fingerprint density at radius 3 is 2.76 bits per heavy atom. The summed E-state index contributed by atoms with van der Waals surface area (Å²) < 4.78 is 39.1. The van der Waals surface area contributed by atoms with Gasteiger partial charge in [-0.3, -0.25) is 4.79 Å². The number of aldehydes is 1. The molecule has 6 heteroatoms. The maximum atomic E-state index is 13.9. The van der Waals surface area contributed by atoms with Crippen LogP contribution in [-0.2, 0) is 4.74 Å². The van der Waals surface area contributed by atoms with Gasteiger partial charge in [0.2, 0.25) is 0 Å². The number of rotatable bonds is 3. The van der Waals surface area contributed by atoms with E-state index in [-0.39, 0.29) is 17.3 Å². The van der Waals surface area contributed by atoms with Gasteiger partial charge >= 0.3 is 0 Å². The minimum absolute atomic E-state index is 0.0343. The molecule has 1 spiro atoms. The molecule has 3 nitrogen and oxygen atoms in total. The first-order valence-electron chi connectivity index (χ1n) is 6.94. The molecule has 0 amide bonds. The summed E-state index contributed by atoms with van der Waals surface area (Å²) in [5, 5.41) is 0. The zero-order valence-corrected chi connectivity index (χ0v) is 12.3. The summed E-state index contributed by atoms with van der Waals surface area (Å²) in [5.41, 5.74) is -0.239. The minimum atomic E-state index is -0.835. The predicted octanol–water partition coefficient (Wildman–Crippen LogP) is 3.21. The zero-order chi connectivity index (χ0) is 14.9. The van der Waals surface area contributed by atoms with Gasteiger partial charge in [0, 0.05) is 24.2 Å². The fourth-order valence-corrected chi connectivity index (χ4v) is 4.25. The Morgan fingerprint density at radius 1 is 1.38 bits per heavy atom. The number of ether oxygens (including phenoxy) is 2. The maximum absolute atomic E-state index is 13.9. The van der Waals surface area contributed by atoms with E-state index in [1.54, 1.807) is 0 Å². The molecule has 2 saturated heterocycles. The van der Waals surface area contributed by atoms with Gasteiger partial charge in [-0.2, -0.15) is 11.8 Å². The third-order valence-electron chi connectivity index (χ3n) is 3.96. The molecule has 1 aromatic rings. The van der Waals surface area contributed by atoms with Crippen LogP contribution in [0.1, 0.15) is 29.6 Å². The molecule has 0 aliphatic carbocycles. The number of carbonyl (C=O) groups is 1. The van der Waals surface area contributed by atoms with Gasteiger partial charge in [0.05, 0.1) is 12.2 Å². The molecule has 114 valence electrons. The van der Waals surface area contributed by atoms with Gasteiger partial charge in [-0.15, -0.1) is 0 Å². The fraction of sp³-hybridized carbons (Fsp3) is 0.533. The van der Waals surface area contributed by atoms with Crippen LogP contribution in [0.2, 0.25) is 0 Å². The number of hydrogen-bond donors (Lipinski definition) is 0. The lowest BCUT2D eigenvalue weighted by Gasteiger charge is -2.37. The lowest BCUT2D eigenvalue weighted by atomic mass is 9.91. The van der Waals surface area contributed by atoms with E-state index in [9.17, 15) is 13.6 Å². The van der Waals surface area contributed by atoms with E-state index < -0.39 is 17.4 Å². The highest BCUT2D eigenvalue weighted by Gasteiger charge is 2.41. The van der Waals surface area contributed by atoms with Crippen LogP contribution in [-0.4, -0.2) is 36.1 Å². The topological polar surface area (TPSA) is 35.5 Å². The van der Waals surface area contributed by atoms with Crippen molar-refractivity contribution in [1.82, 2.24) is 0 Å². The molecular weight excluding hydrogens is 298 g/mol. The van der Waals surface area contributed by atoms with E-state index in [2.05, 4.69) is 0 Å². The van der Waals surface area contributed by atoms with E-state index in [0.717, 1.165) is 30.1 Å². The van der Waals surface area contributed by atoms with Crippen LogP contribution in [0.5, 0.6) is 5.75 Å². The van der Waals surface area contributed by atoms with Crippen molar-refractivity contribution in [2.45, 2.75) is 31.0 Å². The predicted molar refractivity (Wildman–Crippen MR) is 76.0 cm³/mol. The van der Waals surface area contributed by atoms with Crippen molar-refractivity contribution >= 4 is 18.0 Å². The van der Waals surface area contributed by atoms with Crippen LogP contribution < -0.4 is 4.74 Å². The molecule has 0 aromatic heterocycles. The largest absolute Gasteiger partial charge is 0.484 e. The van der Waals surface area contributed by atoms with Crippen molar-refractivity contribution in [2.24, 2.45) is 0 Å². The Kier molecular flexibility index (Phi) is 4.17. The number of halogens is 2. The van der Waals surface area contributed by atoms with Crippen molar-refractivity contribution < 1.29 is 23.0 Å². The van der Waals surface area contributed by atoms with E-state index >= 15 is 0 Å². The van der Waals surface area contributed by atoms with Crippen LogP contribution in [0.15, 0.2) is 12.1 Å². The SMILES string of the molecule is O=Cc1cc(F)c(OC2CCOC3(CCSC3)C2)c(F)c1. The molecule has 0 radical (unpaired) electrons. The smallest absolute Gasteiger partial charge is 0.191 e. The van der Waals surface area contributed by atoms with Gasteiger partial charge in [0.15, 0.2) is 17.4 Å². The molecule has 0 bridgehead atoms. The number of benzene rings is 1. The first-order valence-corrected chi connectivity index (χ1v) is 8.10. The average molecular weight is 314 g/mol. The first-order chi connectivity index (χ1) is 10.1. The molecule has 2 atom stereocenters. The van der Waals surface area contributed by atoms with Gasteiger partial charge in [-0.1, -0.05) is 0 Å². The summed E-state index contributed by atoms with van der Waals surface area (Å²) in [4.78, 5) is 10.6. The zero-order valence-electron chi connectivity index (χ0n) is 11.4. The second-order valence-electron chi connectivity index (χ2n) is 5.50. The highest BCUT2D eigenvalue weighted by molar-refractivity contribution is 7.99. The average Bonchev–Trinajstić information content (AvgIpc) is 2.90. The van der Waals surface area contributed by atoms with Crippen LogP contribution in [0.4, 0.5) is 8.78 Å². The van der Waals surface area contributed by atoms with Crippen molar-refractivity contribution in [3.63, 3.8) is 0 Å². The lowest BCUT2D eigenvalue weighted by molar-refractivity contribution is -0.0969. The molecule has 2 heterocycles. The fourth-order valence-electron chi connectivity index (χ4n) is 2.87. The summed E-state index contributed by atoms with van der Waals surface area (Å²) in [6, 6.07) is 1.98. The molecule has 2 fully saturated rings. The normalized spacial score (nSPS) is 28.8. The van der Waals surface area contributed by atoms with E-state index in [0.29, 0.717) is 25.7 Å². The Labute approximate surface area is 126 Å². The molecule has 2 aliphatic rings. The highest BCUT2D eigenvalue weighted by Crippen LogP contribution is 2.39. The van der Waals surface area contributed by atoms with Crippen molar-refractivity contribution in [1.29, 1.82) is 0 Å². The van der Waals surface area contributed by atoms with Gasteiger partial charge < -0.3 is 9.47 Å². The van der Waals surface area contributed by atoms with Gasteiger partial charge in [-0.05, 0) is 24.3 Å². The molecular formula is C15H16F2O3S. The number of thioether (sulfide) groups is 1. The number of hydrogen-bond acceptors (Lipinski definition) is 4. The summed E-state index contributed by atoms with van der Waals surface area (Å²) in [6.07, 6.45) is 2.36. The molecule has 2 unspecified atom stereocenters. The molecule has 1 aromatic carbocycles. The molecule has 3 rings (SSSR count). The summed E-state index contributed by atoms with van der Waals surface area (Å²) in [6.45, 7) is 0.543. The van der Waals surface area contributed by atoms with Gasteiger partial charge in [0.25, 0.3) is 0 Å². The van der Waals surface area contributed by atoms with E-state index in [1.807, 2.05) is 11.8 Å². The van der Waals surface area contributed by atoms with Crippen molar-refractivity contribution in [2.75, 3.05) is 18.1 Å². The third kappa shape index (κ3) is 3.06. The highest BCUT2D eigenvalue weighted by atomic mass is 32.2. The lowest BCUT2D eigenvalue weighted by Crippen LogP contribution is -2.44. The second-order valence-corrected chi connectivity index (χ2v) is 6.60. The quantitative estimate of drug-likeness (QED) is 0.803. The molecule has 2 aliphatic heterocycles. The van der Waals surface area contributed by atoms with Crippen molar-refractivity contribution in [3.8, 4) is 5.75 Å². The molecule has 21 heavy (non-hydrogen) atoms. The minimum Gasteiger partial charge on any atom is -0.484 e. The van der Waals surface area contributed by atoms with Crippen LogP contribution >= 0.6 is 11.8 Å². The van der Waals surface area contributed by atoms with Crippen LogP contribution in [0.25, 0.3) is 0 Å². The van der Waals surface area contributed by atoms with E-state index in [1.165, 1.54) is 0 Å². The number of carbonyl (C=O) groups excluding carboxylic acids is 1. The third-order valence-corrected chi connectivity index (χ3v) is 5.18. The Hall–Kier alpha value is -1.14. The second kappa shape index (κ2) is 5.93. The Balaban J connectivity index is 1.75. The first kappa shape index (κ1) is 14.8. The van der Waals surface area contributed by atoms with Crippen LogP contribution in [0.3, 0.4) is 0 Å². The van der Waals surface area contributed by atoms with Gasteiger partial charge in [-0.25, -0.2) is 8.78 Å². The summed E-state index contributed by atoms with van der Waals surface area (Å²) in [5.74, 6) is -0.115. The maximum Gasteiger partial charge on any atom is 0.191 e. The molecule has 0 saturated carbocycles. The van der Waals surface area contributed by atoms with E-state index in [4.69, 9.17) is 9.47 Å². The Morgan fingerprint density at radius 2 is 2.14 bits per heavy atom. The summed E-state index contributed by atoms with van der Waals surface area (Å²) >= 11 is 1.83. The Bertz CT molecular complexity index is 521.